The maximum atomic E-state index is 13.7. The van der Waals surface area contributed by atoms with Gasteiger partial charge in [0.15, 0.2) is 23.9 Å². The Bertz CT molecular complexity index is 1460. The van der Waals surface area contributed by atoms with Crippen molar-refractivity contribution in [2.75, 3.05) is 26.5 Å². The third kappa shape index (κ3) is 8.15. The van der Waals surface area contributed by atoms with E-state index >= 15 is 0 Å². The van der Waals surface area contributed by atoms with E-state index in [1.165, 1.54) is 41.1 Å². The van der Waals surface area contributed by atoms with Crippen molar-refractivity contribution in [1.82, 2.24) is 9.62 Å². The molecule has 1 aliphatic heterocycles. The van der Waals surface area contributed by atoms with Gasteiger partial charge in [-0.15, -0.1) is 0 Å². The fourth-order valence-corrected chi connectivity index (χ4v) is 5.85. The molecule has 1 aromatic heterocycles. The van der Waals surface area contributed by atoms with Gasteiger partial charge >= 0.3 is 6.09 Å². The summed E-state index contributed by atoms with van der Waals surface area (Å²) in [6.07, 6.45) is 0.461. The van der Waals surface area contributed by atoms with E-state index in [0.29, 0.717) is 22.8 Å². The molecule has 0 fully saturated rings. The van der Waals surface area contributed by atoms with Crippen molar-refractivity contribution in [3.8, 4) is 23.0 Å². The monoisotopic (exact) mass is 603 g/mol. The molecule has 42 heavy (non-hydrogen) atoms. The standard InChI is InChI=1S/C28H33N3O10S/c1-18(2)13-31(42(35,36)22-7-8-25-26(12-22)40-17-39-25)14-24(32)23(30-28(34)41-21-9-10-37-15-21)11-19-3-5-20(6-4-19)38-16-27(29)33/h3-10,12,15,18,23-24,32H,11,13-14,16-17H2,1-2H3,(H2,29,33)(H,30,34)/t23-,24+/m0/s1. The van der Waals surface area contributed by atoms with Crippen LogP contribution in [0.4, 0.5) is 4.79 Å². The Morgan fingerprint density at radius 1 is 1.05 bits per heavy atom. The van der Waals surface area contributed by atoms with Gasteiger partial charge in [-0.2, -0.15) is 4.31 Å². The van der Waals surface area contributed by atoms with Crippen LogP contribution in [0.5, 0.6) is 23.0 Å². The second-order valence-corrected chi connectivity index (χ2v) is 11.9. The molecule has 14 heteroatoms. The molecule has 0 unspecified atom stereocenters. The Morgan fingerprint density at radius 2 is 1.79 bits per heavy atom. The van der Waals surface area contributed by atoms with Crippen molar-refractivity contribution in [1.29, 1.82) is 0 Å². The third-order valence-corrected chi connectivity index (χ3v) is 8.00. The summed E-state index contributed by atoms with van der Waals surface area (Å²) in [6, 6.07) is 11.4. The lowest BCUT2D eigenvalue weighted by atomic mass is 10.0. The molecule has 0 spiro atoms. The SMILES string of the molecule is CC(C)CN(C[C@@H](O)[C@H](Cc1ccc(OCC(N)=O)cc1)NC(=O)Oc1ccoc1)S(=O)(=O)c1ccc2c(c1)OCO2. The molecule has 3 aromatic rings. The number of ether oxygens (including phenoxy) is 4. The normalized spacial score (nSPS) is 14.0. The van der Waals surface area contributed by atoms with Crippen LogP contribution in [0.1, 0.15) is 19.4 Å². The van der Waals surface area contributed by atoms with Crippen molar-refractivity contribution in [3.63, 3.8) is 0 Å². The van der Waals surface area contributed by atoms with Gasteiger partial charge in [-0.05, 0) is 42.2 Å². The van der Waals surface area contributed by atoms with E-state index in [-0.39, 0.29) is 49.5 Å². The maximum absolute atomic E-state index is 13.7. The fraction of sp³-hybridized carbons (Fsp3) is 0.357. The lowest BCUT2D eigenvalue weighted by Crippen LogP contribution is -2.51. The molecule has 2 aromatic carbocycles. The van der Waals surface area contributed by atoms with Gasteiger partial charge in [-0.25, -0.2) is 13.2 Å². The number of carbonyl (C=O) groups is 2. The largest absolute Gasteiger partial charge is 0.484 e. The van der Waals surface area contributed by atoms with E-state index in [1.54, 1.807) is 24.3 Å². The molecule has 1 aliphatic rings. The van der Waals surface area contributed by atoms with Crippen LogP contribution in [-0.4, -0.2) is 68.5 Å². The average molecular weight is 604 g/mol. The van der Waals surface area contributed by atoms with Crippen LogP contribution in [0.3, 0.4) is 0 Å². The quantitative estimate of drug-likeness (QED) is 0.247. The van der Waals surface area contributed by atoms with E-state index in [2.05, 4.69) is 5.32 Å². The van der Waals surface area contributed by atoms with E-state index in [1.807, 2.05) is 13.8 Å². The van der Waals surface area contributed by atoms with Gasteiger partial charge in [0.1, 0.15) is 12.0 Å². The first-order valence-corrected chi connectivity index (χ1v) is 14.5. The lowest BCUT2D eigenvalue weighted by Gasteiger charge is -2.30. The number of amides is 2. The van der Waals surface area contributed by atoms with E-state index in [4.69, 9.17) is 29.1 Å². The number of hydrogen-bond donors (Lipinski definition) is 3. The maximum Gasteiger partial charge on any atom is 0.413 e. The predicted molar refractivity (Wildman–Crippen MR) is 149 cm³/mol. The molecule has 4 N–H and O–H groups in total. The van der Waals surface area contributed by atoms with Crippen LogP contribution in [0.15, 0.2) is 70.4 Å². The van der Waals surface area contributed by atoms with Crippen molar-refractivity contribution in [2.45, 2.75) is 37.3 Å². The number of benzene rings is 2. The Morgan fingerprint density at radius 3 is 2.45 bits per heavy atom. The fourth-order valence-electron chi connectivity index (χ4n) is 4.21. The molecule has 0 saturated heterocycles. The molecule has 0 aliphatic carbocycles. The molecule has 13 nitrogen and oxygen atoms in total. The van der Waals surface area contributed by atoms with Crippen molar-refractivity contribution in [2.24, 2.45) is 11.7 Å². The number of rotatable bonds is 14. The Hall–Kier alpha value is -4.27. The number of nitrogens with two attached hydrogens (primary N) is 1. The Balaban J connectivity index is 1.55. The van der Waals surface area contributed by atoms with Crippen molar-refractivity contribution in [3.05, 3.63) is 66.6 Å². The summed E-state index contributed by atoms with van der Waals surface area (Å²) in [4.78, 5) is 23.7. The van der Waals surface area contributed by atoms with E-state index in [9.17, 15) is 23.1 Å². The summed E-state index contributed by atoms with van der Waals surface area (Å²) < 4.78 is 54.7. The zero-order valence-electron chi connectivity index (χ0n) is 23.1. The molecular weight excluding hydrogens is 570 g/mol. The van der Waals surface area contributed by atoms with Crippen LogP contribution < -0.4 is 30.0 Å². The lowest BCUT2D eigenvalue weighted by molar-refractivity contribution is -0.119. The molecule has 2 amide bonds. The number of hydrogen-bond acceptors (Lipinski definition) is 10. The van der Waals surface area contributed by atoms with Gasteiger partial charge in [0.05, 0.1) is 23.3 Å². The van der Waals surface area contributed by atoms with Crippen LogP contribution in [0.25, 0.3) is 0 Å². The molecule has 0 saturated carbocycles. The number of aliphatic hydroxyl groups is 1. The second-order valence-electron chi connectivity index (χ2n) is 10.0. The van der Waals surface area contributed by atoms with Gasteiger partial charge < -0.3 is 39.5 Å². The summed E-state index contributed by atoms with van der Waals surface area (Å²) in [7, 11) is -4.08. The highest BCUT2D eigenvalue weighted by atomic mass is 32.2. The zero-order valence-corrected chi connectivity index (χ0v) is 23.9. The van der Waals surface area contributed by atoms with Crippen LogP contribution in [-0.2, 0) is 21.2 Å². The minimum absolute atomic E-state index is 0.00618. The summed E-state index contributed by atoms with van der Waals surface area (Å²) in [5.74, 6) is 0.612. The Labute approximate surface area is 243 Å². The molecular formula is C28H33N3O10S. The van der Waals surface area contributed by atoms with Gasteiger partial charge in [-0.3, -0.25) is 4.79 Å². The topological polar surface area (TPSA) is 180 Å². The van der Waals surface area contributed by atoms with Crippen LogP contribution in [0, 0.1) is 5.92 Å². The highest BCUT2D eigenvalue weighted by molar-refractivity contribution is 7.89. The first kappa shape index (κ1) is 30.7. The smallest absolute Gasteiger partial charge is 0.413 e. The Kier molecular flexibility index (Phi) is 9.93. The minimum atomic E-state index is -4.08. The van der Waals surface area contributed by atoms with Crippen LogP contribution in [0.2, 0.25) is 0 Å². The molecule has 0 bridgehead atoms. The van der Waals surface area contributed by atoms with Gasteiger partial charge in [-0.1, -0.05) is 26.0 Å². The van der Waals surface area contributed by atoms with Crippen molar-refractivity contribution < 1.29 is 46.5 Å². The molecule has 2 heterocycles. The number of aliphatic hydroxyl groups excluding tert-OH is 1. The first-order chi connectivity index (χ1) is 20.0. The predicted octanol–water partition coefficient (Wildman–Crippen LogP) is 2.28. The summed E-state index contributed by atoms with van der Waals surface area (Å²) in [6.45, 7) is 3.19. The number of nitrogens with one attached hydrogen (secondary N) is 1. The molecule has 226 valence electrons. The first-order valence-electron chi connectivity index (χ1n) is 13.1. The number of carbonyl (C=O) groups excluding carboxylic acids is 2. The molecule has 2 atom stereocenters. The number of nitrogens with zero attached hydrogens (tertiary/aromatic N) is 1. The van der Waals surface area contributed by atoms with Gasteiger partial charge in [0.2, 0.25) is 16.8 Å². The highest BCUT2D eigenvalue weighted by Crippen LogP contribution is 2.35. The number of primary amides is 1. The van der Waals surface area contributed by atoms with Gasteiger partial charge in [0, 0.05) is 25.2 Å². The minimum Gasteiger partial charge on any atom is -0.484 e. The van der Waals surface area contributed by atoms with Crippen molar-refractivity contribution >= 4 is 22.0 Å². The number of sulfonamides is 1. The van der Waals surface area contributed by atoms with Crippen LogP contribution >= 0.6 is 0 Å². The molecule has 4 rings (SSSR count). The highest BCUT2D eigenvalue weighted by Gasteiger charge is 2.32. The van der Waals surface area contributed by atoms with E-state index in [0.717, 1.165) is 0 Å². The second kappa shape index (κ2) is 13.6. The summed E-state index contributed by atoms with van der Waals surface area (Å²) >= 11 is 0. The van der Waals surface area contributed by atoms with Gasteiger partial charge in [0.25, 0.3) is 5.91 Å². The molecule has 0 radical (unpaired) electrons. The average Bonchev–Trinajstić information content (AvgIpc) is 3.63. The van der Waals surface area contributed by atoms with E-state index < -0.39 is 34.2 Å². The summed E-state index contributed by atoms with van der Waals surface area (Å²) in [5.41, 5.74) is 5.80. The number of furan rings is 1. The summed E-state index contributed by atoms with van der Waals surface area (Å²) in [5, 5.41) is 14.0. The number of fused-ring (bicyclic) bond motifs is 1. The zero-order chi connectivity index (χ0) is 30.3. The third-order valence-electron chi connectivity index (χ3n) is 6.17.